The molecule has 0 radical (unpaired) electrons. The highest BCUT2D eigenvalue weighted by molar-refractivity contribution is 4.86. The summed E-state index contributed by atoms with van der Waals surface area (Å²) in [4.78, 5) is 0. The second kappa shape index (κ2) is 3.64. The van der Waals surface area contributed by atoms with Gasteiger partial charge in [0.25, 0.3) is 0 Å². The van der Waals surface area contributed by atoms with Crippen molar-refractivity contribution in [2.24, 2.45) is 5.41 Å². The highest BCUT2D eigenvalue weighted by atomic mass is 19.4. The van der Waals surface area contributed by atoms with Gasteiger partial charge in [0.15, 0.2) is 0 Å². The first-order valence-corrected chi connectivity index (χ1v) is 3.99. The molecule has 0 fully saturated rings. The third-order valence-electron chi connectivity index (χ3n) is 1.60. The fraction of sp³-hybridized carbons (Fsp3) is 1.00. The Morgan fingerprint density at radius 2 is 1.58 bits per heavy atom. The third kappa shape index (κ3) is 3.43. The fourth-order valence-electron chi connectivity index (χ4n) is 1.12. The van der Waals surface area contributed by atoms with E-state index in [0.717, 1.165) is 0 Å². The molecule has 0 heterocycles. The van der Waals surface area contributed by atoms with E-state index in [9.17, 15) is 13.2 Å². The second-order valence-corrected chi connectivity index (χ2v) is 3.90. The Morgan fingerprint density at radius 1 is 1.17 bits per heavy atom. The summed E-state index contributed by atoms with van der Waals surface area (Å²) in [7, 11) is 0. The van der Waals surface area contributed by atoms with Crippen LogP contribution in [0.15, 0.2) is 0 Å². The normalized spacial score (nSPS) is 16.2. The first-order chi connectivity index (χ1) is 5.19. The van der Waals surface area contributed by atoms with Crippen LogP contribution in [-0.4, -0.2) is 18.8 Å². The Hall–Kier alpha value is -0.250. The Labute approximate surface area is 71.3 Å². The molecule has 4 heteroatoms. The standard InChI is InChI=1S/C8H16F3N/c1-5-12-6(7(2,3)4)8(9,10)11/h6,12H,5H2,1-4H3. The summed E-state index contributed by atoms with van der Waals surface area (Å²) < 4.78 is 37.0. The number of alkyl halides is 3. The Bertz CT molecular complexity index is 120. The van der Waals surface area contributed by atoms with E-state index in [1.54, 1.807) is 27.7 Å². The minimum atomic E-state index is -4.16. The molecule has 1 unspecified atom stereocenters. The van der Waals surface area contributed by atoms with Crippen LogP contribution in [0, 0.1) is 5.41 Å². The zero-order valence-corrected chi connectivity index (χ0v) is 7.92. The van der Waals surface area contributed by atoms with Crippen LogP contribution in [0.4, 0.5) is 13.2 Å². The minimum absolute atomic E-state index is 0.335. The molecule has 0 amide bonds. The van der Waals surface area contributed by atoms with Gasteiger partial charge in [-0.15, -0.1) is 0 Å². The van der Waals surface area contributed by atoms with Crippen molar-refractivity contribution >= 4 is 0 Å². The first-order valence-electron chi connectivity index (χ1n) is 3.99. The number of hydrogen-bond acceptors (Lipinski definition) is 1. The van der Waals surface area contributed by atoms with E-state index >= 15 is 0 Å². The van der Waals surface area contributed by atoms with Crippen LogP contribution in [0.5, 0.6) is 0 Å². The molecule has 0 aromatic carbocycles. The van der Waals surface area contributed by atoms with Crippen LogP contribution in [0.1, 0.15) is 27.7 Å². The minimum Gasteiger partial charge on any atom is -0.306 e. The van der Waals surface area contributed by atoms with E-state index < -0.39 is 17.6 Å². The van der Waals surface area contributed by atoms with Gasteiger partial charge in [-0.1, -0.05) is 27.7 Å². The van der Waals surface area contributed by atoms with Crippen molar-refractivity contribution in [3.63, 3.8) is 0 Å². The van der Waals surface area contributed by atoms with Crippen LogP contribution < -0.4 is 5.32 Å². The SMILES string of the molecule is CCNC(C(C)(C)C)C(F)(F)F. The first kappa shape index (κ1) is 11.8. The lowest BCUT2D eigenvalue weighted by Gasteiger charge is -2.32. The molecule has 74 valence electrons. The average Bonchev–Trinajstić information content (AvgIpc) is 1.77. The van der Waals surface area contributed by atoms with Gasteiger partial charge in [0.1, 0.15) is 6.04 Å². The zero-order chi connectivity index (χ0) is 9.99. The largest absolute Gasteiger partial charge is 0.404 e. The molecule has 0 aliphatic rings. The highest BCUT2D eigenvalue weighted by Gasteiger charge is 2.45. The Morgan fingerprint density at radius 3 is 1.67 bits per heavy atom. The van der Waals surface area contributed by atoms with Crippen molar-refractivity contribution in [3.8, 4) is 0 Å². The van der Waals surface area contributed by atoms with Crippen molar-refractivity contribution in [2.45, 2.75) is 39.9 Å². The quantitative estimate of drug-likeness (QED) is 0.693. The van der Waals surface area contributed by atoms with Gasteiger partial charge < -0.3 is 5.32 Å². The Balaban J connectivity index is 4.45. The maximum absolute atomic E-state index is 12.3. The number of rotatable bonds is 2. The Kier molecular flexibility index (Phi) is 3.57. The maximum atomic E-state index is 12.3. The third-order valence-corrected chi connectivity index (χ3v) is 1.60. The van der Waals surface area contributed by atoms with Crippen molar-refractivity contribution in [1.29, 1.82) is 0 Å². The van der Waals surface area contributed by atoms with Gasteiger partial charge in [0.05, 0.1) is 0 Å². The predicted molar refractivity (Wildman–Crippen MR) is 43.0 cm³/mol. The van der Waals surface area contributed by atoms with E-state index in [1.165, 1.54) is 0 Å². The summed E-state index contributed by atoms with van der Waals surface area (Å²) in [5.41, 5.74) is -0.783. The smallest absolute Gasteiger partial charge is 0.306 e. The number of halogens is 3. The summed E-state index contributed by atoms with van der Waals surface area (Å²) >= 11 is 0. The summed E-state index contributed by atoms with van der Waals surface area (Å²) in [5, 5.41) is 2.44. The molecule has 0 aromatic rings. The van der Waals surface area contributed by atoms with Gasteiger partial charge in [-0.3, -0.25) is 0 Å². The lowest BCUT2D eigenvalue weighted by atomic mass is 9.86. The van der Waals surface area contributed by atoms with Crippen LogP contribution in [0.2, 0.25) is 0 Å². The molecule has 0 saturated heterocycles. The predicted octanol–water partition coefficient (Wildman–Crippen LogP) is 2.57. The lowest BCUT2D eigenvalue weighted by molar-refractivity contribution is -0.177. The number of hydrogen-bond donors (Lipinski definition) is 1. The molecule has 1 N–H and O–H groups in total. The molecule has 1 nitrogen and oxygen atoms in total. The lowest BCUT2D eigenvalue weighted by Crippen LogP contribution is -2.50. The van der Waals surface area contributed by atoms with Crippen LogP contribution in [0.3, 0.4) is 0 Å². The van der Waals surface area contributed by atoms with Gasteiger partial charge in [0.2, 0.25) is 0 Å². The van der Waals surface area contributed by atoms with E-state index in [1.807, 2.05) is 0 Å². The van der Waals surface area contributed by atoms with Gasteiger partial charge in [-0.05, 0) is 12.0 Å². The fourth-order valence-corrected chi connectivity index (χ4v) is 1.12. The summed E-state index contributed by atoms with van der Waals surface area (Å²) in [5.74, 6) is 0. The van der Waals surface area contributed by atoms with Gasteiger partial charge >= 0.3 is 6.18 Å². The zero-order valence-electron chi connectivity index (χ0n) is 7.92. The van der Waals surface area contributed by atoms with Crippen molar-refractivity contribution in [2.75, 3.05) is 6.54 Å². The van der Waals surface area contributed by atoms with E-state index in [-0.39, 0.29) is 0 Å². The van der Waals surface area contributed by atoms with Gasteiger partial charge in [0, 0.05) is 0 Å². The molecule has 0 aliphatic carbocycles. The van der Waals surface area contributed by atoms with Crippen LogP contribution in [-0.2, 0) is 0 Å². The van der Waals surface area contributed by atoms with Gasteiger partial charge in [-0.2, -0.15) is 13.2 Å². The maximum Gasteiger partial charge on any atom is 0.404 e. The summed E-state index contributed by atoms with van der Waals surface area (Å²) in [6.07, 6.45) is -4.16. The van der Waals surface area contributed by atoms with Crippen LogP contribution >= 0.6 is 0 Å². The topological polar surface area (TPSA) is 12.0 Å². The molecule has 1 atom stereocenters. The molecule has 0 aromatic heterocycles. The molecule has 0 aliphatic heterocycles. The monoisotopic (exact) mass is 183 g/mol. The van der Waals surface area contributed by atoms with E-state index in [0.29, 0.717) is 6.54 Å². The molecule has 0 bridgehead atoms. The molecular formula is C8H16F3N. The summed E-state index contributed by atoms with van der Waals surface area (Å²) in [6, 6.07) is -1.42. The van der Waals surface area contributed by atoms with Crippen LogP contribution in [0.25, 0.3) is 0 Å². The van der Waals surface area contributed by atoms with E-state index in [4.69, 9.17) is 0 Å². The van der Waals surface area contributed by atoms with Crippen molar-refractivity contribution in [1.82, 2.24) is 5.32 Å². The average molecular weight is 183 g/mol. The second-order valence-electron chi connectivity index (χ2n) is 3.90. The highest BCUT2D eigenvalue weighted by Crippen LogP contribution is 2.32. The van der Waals surface area contributed by atoms with Gasteiger partial charge in [-0.25, -0.2) is 0 Å². The molecular weight excluding hydrogens is 167 g/mol. The van der Waals surface area contributed by atoms with Crippen molar-refractivity contribution < 1.29 is 13.2 Å². The summed E-state index contributed by atoms with van der Waals surface area (Å²) in [6.45, 7) is 6.74. The molecule has 0 spiro atoms. The molecule has 0 rings (SSSR count). The molecule has 12 heavy (non-hydrogen) atoms. The van der Waals surface area contributed by atoms with Crippen molar-refractivity contribution in [3.05, 3.63) is 0 Å². The number of nitrogens with one attached hydrogen (secondary N) is 1. The molecule has 0 saturated carbocycles. The van der Waals surface area contributed by atoms with E-state index in [2.05, 4.69) is 5.32 Å².